The highest BCUT2D eigenvalue weighted by Gasteiger charge is 2.16. The van der Waals surface area contributed by atoms with Gasteiger partial charge in [0.1, 0.15) is 0 Å². The third kappa shape index (κ3) is 3.85. The Hall–Kier alpha value is -5.09. The molecule has 174 valence electrons. The lowest BCUT2D eigenvalue weighted by molar-refractivity contribution is 1.08. The first-order valence-electron chi connectivity index (χ1n) is 12.3. The van der Waals surface area contributed by atoms with Crippen LogP contribution in [0.5, 0.6) is 0 Å². The molecule has 0 spiro atoms. The zero-order chi connectivity index (χ0) is 24.6. The quantitative estimate of drug-likeness (QED) is 0.280. The number of nitrogens with zero attached hydrogens (tertiary/aromatic N) is 3. The van der Waals surface area contributed by atoms with E-state index in [1.54, 1.807) is 0 Å². The average Bonchev–Trinajstić information content (AvgIpc) is 3.37. The molecule has 2 aromatic heterocycles. The third-order valence-corrected chi connectivity index (χ3v) is 6.69. The SMILES string of the molecule is c1ccc(-c2ccc(-c3nc(-c4ccccc4)nc(-c4cccc5[nH]c6ccccc6c45)n3)cc2)cc1. The molecule has 0 amide bonds. The van der Waals surface area contributed by atoms with E-state index >= 15 is 0 Å². The van der Waals surface area contributed by atoms with Crippen LogP contribution in [0.4, 0.5) is 0 Å². The Balaban J connectivity index is 1.43. The second-order valence-electron chi connectivity index (χ2n) is 9.01. The number of rotatable bonds is 4. The van der Waals surface area contributed by atoms with E-state index in [2.05, 4.69) is 83.8 Å². The number of fused-ring (bicyclic) bond motifs is 3. The minimum atomic E-state index is 0.653. The van der Waals surface area contributed by atoms with Gasteiger partial charge in [0.15, 0.2) is 17.5 Å². The number of aromatic amines is 1. The van der Waals surface area contributed by atoms with E-state index in [0.29, 0.717) is 17.5 Å². The lowest BCUT2D eigenvalue weighted by atomic mass is 10.0. The molecular formula is C33H22N4. The number of aromatic nitrogens is 4. The lowest BCUT2D eigenvalue weighted by Crippen LogP contribution is -2.00. The van der Waals surface area contributed by atoms with Crippen molar-refractivity contribution in [1.82, 2.24) is 19.9 Å². The summed E-state index contributed by atoms with van der Waals surface area (Å²) in [6.45, 7) is 0. The van der Waals surface area contributed by atoms with Gasteiger partial charge in [-0.2, -0.15) is 0 Å². The van der Waals surface area contributed by atoms with E-state index in [9.17, 15) is 0 Å². The van der Waals surface area contributed by atoms with Crippen molar-refractivity contribution in [2.45, 2.75) is 0 Å². The molecule has 0 saturated heterocycles. The van der Waals surface area contributed by atoms with Crippen molar-refractivity contribution in [1.29, 1.82) is 0 Å². The minimum Gasteiger partial charge on any atom is -0.354 e. The van der Waals surface area contributed by atoms with E-state index in [1.807, 2.05) is 48.5 Å². The standard InChI is InChI=1S/C33H22N4/c1-3-10-22(11-4-1)23-18-20-25(21-19-23)32-35-31(24-12-5-2-6-13-24)36-33(37-32)27-15-9-17-29-30(27)26-14-7-8-16-28(26)34-29/h1-21,34H. The summed E-state index contributed by atoms with van der Waals surface area (Å²) in [5, 5.41) is 2.28. The van der Waals surface area contributed by atoms with Crippen molar-refractivity contribution in [3.05, 3.63) is 127 Å². The molecule has 0 fully saturated rings. The molecule has 7 aromatic rings. The van der Waals surface area contributed by atoms with Gasteiger partial charge >= 0.3 is 0 Å². The number of H-pyrrole nitrogens is 1. The van der Waals surface area contributed by atoms with E-state index in [0.717, 1.165) is 44.1 Å². The summed E-state index contributed by atoms with van der Waals surface area (Å²) >= 11 is 0. The molecule has 7 rings (SSSR count). The molecule has 0 radical (unpaired) electrons. The summed E-state index contributed by atoms with van der Waals surface area (Å²) < 4.78 is 0. The van der Waals surface area contributed by atoms with E-state index in [4.69, 9.17) is 15.0 Å². The highest BCUT2D eigenvalue weighted by molar-refractivity contribution is 6.13. The first-order chi connectivity index (χ1) is 18.3. The molecule has 5 aromatic carbocycles. The number of nitrogens with one attached hydrogen (secondary N) is 1. The first-order valence-corrected chi connectivity index (χ1v) is 12.3. The van der Waals surface area contributed by atoms with Crippen LogP contribution in [-0.4, -0.2) is 19.9 Å². The molecule has 0 unspecified atom stereocenters. The van der Waals surface area contributed by atoms with Crippen molar-refractivity contribution in [3.63, 3.8) is 0 Å². The molecule has 4 nitrogen and oxygen atoms in total. The summed E-state index contributed by atoms with van der Waals surface area (Å²) in [5.41, 5.74) is 7.39. The van der Waals surface area contributed by atoms with Gasteiger partial charge in [-0.3, -0.25) is 0 Å². The molecule has 0 saturated carbocycles. The van der Waals surface area contributed by atoms with Crippen molar-refractivity contribution < 1.29 is 0 Å². The predicted molar refractivity (Wildman–Crippen MR) is 151 cm³/mol. The summed E-state index contributed by atoms with van der Waals surface area (Å²) in [6.07, 6.45) is 0. The van der Waals surface area contributed by atoms with Gasteiger partial charge in [-0.25, -0.2) is 15.0 Å². The molecule has 37 heavy (non-hydrogen) atoms. The normalized spacial score (nSPS) is 11.2. The van der Waals surface area contributed by atoms with Crippen LogP contribution in [0, 0.1) is 0 Å². The zero-order valence-electron chi connectivity index (χ0n) is 20.0. The highest BCUT2D eigenvalue weighted by Crippen LogP contribution is 2.34. The predicted octanol–water partition coefficient (Wildman–Crippen LogP) is 8.17. The van der Waals surface area contributed by atoms with Gasteiger partial charge in [-0.05, 0) is 23.3 Å². The van der Waals surface area contributed by atoms with E-state index < -0.39 is 0 Å². The molecule has 0 aliphatic rings. The zero-order valence-corrected chi connectivity index (χ0v) is 20.0. The molecule has 0 aliphatic carbocycles. The van der Waals surface area contributed by atoms with Gasteiger partial charge in [0.25, 0.3) is 0 Å². The van der Waals surface area contributed by atoms with Gasteiger partial charge in [0.2, 0.25) is 0 Å². The van der Waals surface area contributed by atoms with Gasteiger partial charge in [-0.1, -0.05) is 115 Å². The Bertz CT molecular complexity index is 1850. The van der Waals surface area contributed by atoms with Crippen LogP contribution in [0.2, 0.25) is 0 Å². The maximum atomic E-state index is 5.00. The van der Waals surface area contributed by atoms with Crippen LogP contribution >= 0.6 is 0 Å². The monoisotopic (exact) mass is 474 g/mol. The largest absolute Gasteiger partial charge is 0.354 e. The average molecular weight is 475 g/mol. The number of hydrogen-bond acceptors (Lipinski definition) is 3. The van der Waals surface area contributed by atoms with E-state index in [-0.39, 0.29) is 0 Å². The van der Waals surface area contributed by atoms with Crippen LogP contribution in [0.3, 0.4) is 0 Å². The molecule has 0 aliphatic heterocycles. The topological polar surface area (TPSA) is 54.5 Å². The van der Waals surface area contributed by atoms with Gasteiger partial charge in [0, 0.05) is 38.5 Å². The Morgan fingerprint density at radius 1 is 0.378 bits per heavy atom. The lowest BCUT2D eigenvalue weighted by Gasteiger charge is -2.10. The fourth-order valence-corrected chi connectivity index (χ4v) is 4.87. The third-order valence-electron chi connectivity index (χ3n) is 6.69. The fraction of sp³-hybridized carbons (Fsp3) is 0. The van der Waals surface area contributed by atoms with Gasteiger partial charge in [0.05, 0.1) is 0 Å². The molecule has 2 heterocycles. The van der Waals surface area contributed by atoms with Crippen LogP contribution < -0.4 is 0 Å². The van der Waals surface area contributed by atoms with Crippen molar-refractivity contribution in [2.24, 2.45) is 0 Å². The number of hydrogen-bond donors (Lipinski definition) is 1. The molecule has 1 N–H and O–H groups in total. The van der Waals surface area contributed by atoms with Gasteiger partial charge in [-0.15, -0.1) is 0 Å². The number of benzene rings is 5. The minimum absolute atomic E-state index is 0.653. The smallest absolute Gasteiger partial charge is 0.164 e. The Kier molecular flexibility index (Phi) is 5.07. The maximum absolute atomic E-state index is 5.00. The van der Waals surface area contributed by atoms with Crippen LogP contribution in [0.1, 0.15) is 0 Å². The molecule has 0 atom stereocenters. The van der Waals surface area contributed by atoms with Gasteiger partial charge < -0.3 is 4.98 Å². The Morgan fingerprint density at radius 2 is 0.892 bits per heavy atom. The number of para-hydroxylation sites is 1. The summed E-state index contributed by atoms with van der Waals surface area (Å²) in [6, 6.07) is 43.5. The van der Waals surface area contributed by atoms with Crippen molar-refractivity contribution in [2.75, 3.05) is 0 Å². The Morgan fingerprint density at radius 3 is 1.62 bits per heavy atom. The fourth-order valence-electron chi connectivity index (χ4n) is 4.87. The highest BCUT2D eigenvalue weighted by atomic mass is 15.0. The summed E-state index contributed by atoms with van der Waals surface area (Å²) in [7, 11) is 0. The Labute approximate surface area is 214 Å². The van der Waals surface area contributed by atoms with Crippen LogP contribution in [0.25, 0.3) is 67.1 Å². The second kappa shape index (κ2) is 8.85. The van der Waals surface area contributed by atoms with Crippen molar-refractivity contribution >= 4 is 21.8 Å². The van der Waals surface area contributed by atoms with Crippen LogP contribution in [0.15, 0.2) is 127 Å². The first kappa shape index (κ1) is 21.2. The summed E-state index contributed by atoms with van der Waals surface area (Å²) in [4.78, 5) is 18.4. The molecule has 0 bridgehead atoms. The maximum Gasteiger partial charge on any atom is 0.164 e. The summed E-state index contributed by atoms with van der Waals surface area (Å²) in [5.74, 6) is 1.97. The van der Waals surface area contributed by atoms with Crippen molar-refractivity contribution in [3.8, 4) is 45.3 Å². The second-order valence-corrected chi connectivity index (χ2v) is 9.01. The molecular weight excluding hydrogens is 452 g/mol. The van der Waals surface area contributed by atoms with Crippen LogP contribution in [-0.2, 0) is 0 Å². The molecule has 4 heteroatoms. The van der Waals surface area contributed by atoms with E-state index in [1.165, 1.54) is 5.56 Å².